The second-order valence-electron chi connectivity index (χ2n) is 16.8. The number of carbonyl (C=O) groups is 8. The van der Waals surface area contributed by atoms with E-state index in [2.05, 4.69) is 0 Å². The van der Waals surface area contributed by atoms with Crippen molar-refractivity contribution in [2.24, 2.45) is 23.2 Å². The molecule has 0 spiro atoms. The molecule has 1 heterocycles. The summed E-state index contributed by atoms with van der Waals surface area (Å²) in [5.41, 5.74) is -8.03. The van der Waals surface area contributed by atoms with Crippen LogP contribution in [-0.4, -0.2) is 101 Å². The van der Waals surface area contributed by atoms with E-state index in [4.69, 9.17) is 37.9 Å². The minimum absolute atomic E-state index is 0.0266. The Labute approximate surface area is 343 Å². The number of ketones is 1. The minimum atomic E-state index is -2.44. The fourth-order valence-corrected chi connectivity index (χ4v) is 8.69. The molecule has 1 aliphatic heterocycles. The molecule has 1 saturated carbocycles. The number of hydrogen-bond acceptors (Lipinski definition) is 16. The number of hydrogen-bond donors (Lipinski definition) is 0. The summed E-state index contributed by atoms with van der Waals surface area (Å²) in [7, 11) is 0. The molecule has 2 fully saturated rings. The Morgan fingerprint density at radius 1 is 0.763 bits per heavy atom. The monoisotopic (exact) mass is 828 g/mol. The molecule has 0 unspecified atom stereocenters. The Bertz CT molecular complexity index is 1830. The molecule has 2 aliphatic carbocycles. The van der Waals surface area contributed by atoms with Gasteiger partial charge in [-0.2, -0.15) is 0 Å². The number of allylic oxidation sites excluding steroid dienone is 1. The van der Waals surface area contributed by atoms with Crippen molar-refractivity contribution < 1.29 is 76.3 Å². The summed E-state index contributed by atoms with van der Waals surface area (Å²) in [4.78, 5) is 109. The highest BCUT2D eigenvalue weighted by Gasteiger charge is 2.76. The van der Waals surface area contributed by atoms with Crippen LogP contribution in [0, 0.1) is 23.2 Å². The van der Waals surface area contributed by atoms with Gasteiger partial charge in [-0.25, -0.2) is 4.79 Å². The van der Waals surface area contributed by atoms with E-state index in [9.17, 15) is 33.6 Å². The minimum Gasteiger partial charge on any atom is -0.458 e. The first-order chi connectivity index (χ1) is 27.4. The van der Waals surface area contributed by atoms with E-state index in [1.54, 1.807) is 38.1 Å². The first kappa shape index (κ1) is 46.6. The van der Waals surface area contributed by atoms with Gasteiger partial charge in [-0.3, -0.25) is 33.6 Å². The third-order valence-corrected chi connectivity index (χ3v) is 10.8. The van der Waals surface area contributed by atoms with Gasteiger partial charge in [0, 0.05) is 71.8 Å². The van der Waals surface area contributed by atoms with E-state index < -0.39 is 131 Å². The van der Waals surface area contributed by atoms with Gasteiger partial charge in [0.25, 0.3) is 0 Å². The van der Waals surface area contributed by atoms with Crippen LogP contribution in [-0.2, 0) is 71.5 Å². The molecule has 16 heteroatoms. The fourth-order valence-electron chi connectivity index (χ4n) is 8.69. The number of esters is 7. The summed E-state index contributed by atoms with van der Waals surface area (Å²) in [6.07, 6.45) is -6.93. The van der Waals surface area contributed by atoms with Crippen LogP contribution >= 0.6 is 0 Å². The van der Waals surface area contributed by atoms with Crippen LogP contribution in [0.15, 0.2) is 42.5 Å². The average Bonchev–Trinajstić information content (AvgIpc) is 3.34. The standard InChI is InChI=1S/C43H56O16/c1-23(2)21-52-38-33(53-25(4)44)37(55-27(6)46)40(9,10)19-17-24(3)34(50)43(58-29(8)48)22-41(11,57-28(7)47)35(54-26(5)45)32(43)36-42(38,20-18-31(49)56-36)59-39(51)30-15-13-12-14-16-30/h12-17,19,23-24,32-33,35-38H,18,20-22H2,1-11H3/b19-17+/t24-,32+,33-,35+,36+,37+,38+,41+,42-,43+/m0/s1. The summed E-state index contributed by atoms with van der Waals surface area (Å²) in [6, 6.07) is 7.75. The first-order valence-electron chi connectivity index (χ1n) is 19.6. The molecule has 0 bridgehead atoms. The maximum Gasteiger partial charge on any atom is 0.338 e. The highest BCUT2D eigenvalue weighted by Crippen LogP contribution is 2.57. The smallest absolute Gasteiger partial charge is 0.338 e. The van der Waals surface area contributed by atoms with Crippen LogP contribution < -0.4 is 0 Å². The molecular weight excluding hydrogens is 772 g/mol. The van der Waals surface area contributed by atoms with E-state index in [1.807, 2.05) is 13.8 Å². The third-order valence-electron chi connectivity index (χ3n) is 10.8. The van der Waals surface area contributed by atoms with Crippen LogP contribution in [0.25, 0.3) is 0 Å². The molecule has 4 rings (SSSR count). The Balaban J connectivity index is 2.31. The van der Waals surface area contributed by atoms with E-state index in [1.165, 1.54) is 32.1 Å². The van der Waals surface area contributed by atoms with E-state index in [-0.39, 0.29) is 18.1 Å². The maximum absolute atomic E-state index is 15.3. The number of Topliss-reactive ketones (excluding diaryl/α,β-unsaturated/α-hetero) is 1. The van der Waals surface area contributed by atoms with Crippen LogP contribution in [0.1, 0.15) is 106 Å². The number of rotatable bonds is 10. The molecule has 3 aliphatic rings. The summed E-state index contributed by atoms with van der Waals surface area (Å²) in [5, 5.41) is 0. The topological polar surface area (TPSA) is 210 Å². The summed E-state index contributed by atoms with van der Waals surface area (Å²) in [5.74, 6) is -10.2. The molecule has 16 nitrogen and oxygen atoms in total. The van der Waals surface area contributed by atoms with E-state index >= 15 is 4.79 Å². The fraction of sp³-hybridized carbons (Fsp3) is 0.628. The lowest BCUT2D eigenvalue weighted by atomic mass is 9.66. The van der Waals surface area contributed by atoms with Crippen molar-refractivity contribution in [3.8, 4) is 0 Å². The zero-order chi connectivity index (χ0) is 44.2. The molecule has 10 atom stereocenters. The predicted molar refractivity (Wildman–Crippen MR) is 205 cm³/mol. The van der Waals surface area contributed by atoms with Crippen LogP contribution in [0.2, 0.25) is 0 Å². The maximum atomic E-state index is 15.3. The highest BCUT2D eigenvalue weighted by atomic mass is 16.7. The number of carbonyl (C=O) groups excluding carboxylic acids is 8. The zero-order valence-corrected chi connectivity index (χ0v) is 35.5. The van der Waals surface area contributed by atoms with Crippen molar-refractivity contribution in [1.29, 1.82) is 0 Å². The number of benzene rings is 1. The van der Waals surface area contributed by atoms with Crippen LogP contribution in [0.3, 0.4) is 0 Å². The van der Waals surface area contributed by atoms with Gasteiger partial charge < -0.3 is 37.9 Å². The second-order valence-corrected chi connectivity index (χ2v) is 16.8. The van der Waals surface area contributed by atoms with Gasteiger partial charge in [0.05, 0.1) is 11.5 Å². The molecular formula is C43H56O16. The van der Waals surface area contributed by atoms with Gasteiger partial charge >= 0.3 is 41.8 Å². The number of ether oxygens (including phenoxy) is 8. The normalized spacial score (nSPS) is 33.3. The molecule has 0 N–H and O–H groups in total. The average molecular weight is 829 g/mol. The molecule has 1 saturated heterocycles. The second kappa shape index (κ2) is 18.0. The lowest BCUT2D eigenvalue weighted by Crippen LogP contribution is -2.72. The molecule has 1 aromatic rings. The molecule has 0 amide bonds. The molecule has 59 heavy (non-hydrogen) atoms. The van der Waals surface area contributed by atoms with E-state index in [0.717, 1.165) is 34.6 Å². The van der Waals surface area contributed by atoms with Crippen molar-refractivity contribution in [3.63, 3.8) is 0 Å². The van der Waals surface area contributed by atoms with Gasteiger partial charge in [0.2, 0.25) is 0 Å². The van der Waals surface area contributed by atoms with E-state index in [0.29, 0.717) is 0 Å². The van der Waals surface area contributed by atoms with Gasteiger partial charge in [-0.05, 0) is 25.0 Å². The van der Waals surface area contributed by atoms with Crippen molar-refractivity contribution >= 4 is 47.6 Å². The van der Waals surface area contributed by atoms with Crippen LogP contribution in [0.5, 0.6) is 0 Å². The summed E-state index contributed by atoms with van der Waals surface area (Å²) < 4.78 is 49.6. The summed E-state index contributed by atoms with van der Waals surface area (Å²) >= 11 is 0. The third kappa shape index (κ3) is 10.0. The van der Waals surface area contributed by atoms with Gasteiger partial charge in [-0.1, -0.05) is 65.0 Å². The SMILES string of the molecule is CC(=O)O[C@H]1[C@@H](OC(C)=O)C(C)(C)/C=C/[C@H](C)C(=O)[C@@]2(OC(C)=O)C[C@@](C)(OC(C)=O)[C@H](OC(C)=O)[C@@H]2[C@H]2OC(=O)CC[C@@]2(OC(=O)c2ccccc2)[C@@H]1OCC(C)C. The zero-order valence-electron chi connectivity index (χ0n) is 35.5. The van der Waals surface area contributed by atoms with Gasteiger partial charge in [0.15, 0.2) is 40.9 Å². The Hall–Kier alpha value is -5.12. The molecule has 0 aromatic heterocycles. The van der Waals surface area contributed by atoms with Crippen molar-refractivity contribution in [3.05, 3.63) is 48.0 Å². The van der Waals surface area contributed by atoms with Gasteiger partial charge in [0.1, 0.15) is 12.2 Å². The largest absolute Gasteiger partial charge is 0.458 e. The molecule has 1 aromatic carbocycles. The molecule has 324 valence electrons. The first-order valence-corrected chi connectivity index (χ1v) is 19.6. The molecule has 0 radical (unpaired) electrons. The number of fused-ring (bicyclic) bond motifs is 3. The highest BCUT2D eigenvalue weighted by molar-refractivity contribution is 5.94. The Kier molecular flexibility index (Phi) is 14.2. The van der Waals surface area contributed by atoms with Crippen molar-refractivity contribution in [2.75, 3.05) is 6.61 Å². The quantitative estimate of drug-likeness (QED) is 0.180. The summed E-state index contributed by atoms with van der Waals surface area (Å²) in [6.45, 7) is 15.2. The van der Waals surface area contributed by atoms with Crippen molar-refractivity contribution in [2.45, 2.75) is 143 Å². The lowest BCUT2D eigenvalue weighted by Gasteiger charge is -2.54. The Morgan fingerprint density at radius 3 is 1.88 bits per heavy atom. The lowest BCUT2D eigenvalue weighted by molar-refractivity contribution is -0.269. The van der Waals surface area contributed by atoms with Crippen molar-refractivity contribution in [1.82, 2.24) is 0 Å². The van der Waals surface area contributed by atoms with Crippen LogP contribution in [0.4, 0.5) is 0 Å². The Morgan fingerprint density at radius 2 is 1.34 bits per heavy atom. The predicted octanol–water partition coefficient (Wildman–Crippen LogP) is 4.57. The van der Waals surface area contributed by atoms with Gasteiger partial charge in [-0.15, -0.1) is 0 Å².